The fourth-order valence-electron chi connectivity index (χ4n) is 2.02. The first-order chi connectivity index (χ1) is 6.25. The number of rotatable bonds is 1. The van der Waals surface area contributed by atoms with E-state index in [4.69, 9.17) is 4.74 Å². The number of fused-ring (bicyclic) bond motifs is 2. The maximum absolute atomic E-state index is 5.52. The molecule has 2 heteroatoms. The first kappa shape index (κ1) is 9.05. The summed E-state index contributed by atoms with van der Waals surface area (Å²) >= 11 is 0. The molecule has 2 saturated heterocycles. The lowest BCUT2D eigenvalue weighted by atomic mass is 10.2. The first-order valence-corrected chi connectivity index (χ1v) is 5.09. The fourth-order valence-corrected chi connectivity index (χ4v) is 2.02. The SMILES string of the molecule is CC(C)C#CCN1CC2CC1CO2. The number of morpholine rings is 1. The van der Waals surface area contributed by atoms with Gasteiger partial charge in [-0.1, -0.05) is 25.7 Å². The molecular formula is C11H17NO. The van der Waals surface area contributed by atoms with Crippen LogP contribution in [0.3, 0.4) is 0 Å². The Morgan fingerprint density at radius 2 is 2.38 bits per heavy atom. The van der Waals surface area contributed by atoms with Crippen LogP contribution in [-0.2, 0) is 4.74 Å². The van der Waals surface area contributed by atoms with Crippen LogP contribution < -0.4 is 0 Å². The molecule has 2 bridgehead atoms. The molecule has 0 aromatic rings. The van der Waals surface area contributed by atoms with E-state index in [1.54, 1.807) is 0 Å². The quantitative estimate of drug-likeness (QED) is 0.559. The Bertz CT molecular complexity index is 238. The molecule has 0 spiro atoms. The van der Waals surface area contributed by atoms with Gasteiger partial charge in [0.15, 0.2) is 0 Å². The molecule has 13 heavy (non-hydrogen) atoms. The number of likely N-dealkylation sites (tertiary alicyclic amines) is 1. The van der Waals surface area contributed by atoms with Gasteiger partial charge in [-0.3, -0.25) is 4.90 Å². The highest BCUT2D eigenvalue weighted by Crippen LogP contribution is 2.26. The third kappa shape index (κ3) is 2.04. The summed E-state index contributed by atoms with van der Waals surface area (Å²) in [6.45, 7) is 7.21. The summed E-state index contributed by atoms with van der Waals surface area (Å²) in [7, 11) is 0. The Hall–Kier alpha value is -0.520. The van der Waals surface area contributed by atoms with Gasteiger partial charge in [-0.05, 0) is 6.42 Å². The van der Waals surface area contributed by atoms with Crippen molar-refractivity contribution in [2.24, 2.45) is 5.92 Å². The zero-order valence-corrected chi connectivity index (χ0v) is 8.42. The number of ether oxygens (including phenoxy) is 1. The van der Waals surface area contributed by atoms with Crippen LogP contribution in [0.15, 0.2) is 0 Å². The molecule has 0 aromatic carbocycles. The van der Waals surface area contributed by atoms with Crippen molar-refractivity contribution in [1.29, 1.82) is 0 Å². The zero-order valence-electron chi connectivity index (χ0n) is 8.42. The Kier molecular flexibility index (Phi) is 2.57. The van der Waals surface area contributed by atoms with Crippen LogP contribution in [0.2, 0.25) is 0 Å². The number of hydrogen-bond acceptors (Lipinski definition) is 2. The van der Waals surface area contributed by atoms with Gasteiger partial charge >= 0.3 is 0 Å². The fraction of sp³-hybridized carbons (Fsp3) is 0.818. The molecule has 0 amide bonds. The molecule has 0 radical (unpaired) electrons. The van der Waals surface area contributed by atoms with Crippen molar-refractivity contribution in [2.75, 3.05) is 19.7 Å². The monoisotopic (exact) mass is 179 g/mol. The lowest BCUT2D eigenvalue weighted by Crippen LogP contribution is -2.37. The Morgan fingerprint density at radius 3 is 2.92 bits per heavy atom. The van der Waals surface area contributed by atoms with E-state index in [0.29, 0.717) is 18.1 Å². The second kappa shape index (κ2) is 3.69. The van der Waals surface area contributed by atoms with Crippen LogP contribution in [0, 0.1) is 17.8 Å². The van der Waals surface area contributed by atoms with Crippen LogP contribution >= 0.6 is 0 Å². The van der Waals surface area contributed by atoms with Crippen LogP contribution in [0.4, 0.5) is 0 Å². The number of nitrogens with zero attached hydrogens (tertiary/aromatic N) is 1. The van der Waals surface area contributed by atoms with E-state index in [2.05, 4.69) is 30.6 Å². The van der Waals surface area contributed by atoms with E-state index in [0.717, 1.165) is 19.7 Å². The van der Waals surface area contributed by atoms with Gasteiger partial charge < -0.3 is 4.74 Å². The van der Waals surface area contributed by atoms with E-state index in [9.17, 15) is 0 Å². The minimum absolute atomic E-state index is 0.496. The van der Waals surface area contributed by atoms with Crippen molar-refractivity contribution in [3.8, 4) is 11.8 Å². The summed E-state index contributed by atoms with van der Waals surface area (Å²) < 4.78 is 5.52. The normalized spacial score (nSPS) is 32.2. The van der Waals surface area contributed by atoms with Crippen molar-refractivity contribution >= 4 is 0 Å². The molecule has 2 unspecified atom stereocenters. The standard InChI is InChI=1S/C11H17NO/c1-9(2)4-3-5-12-7-11-6-10(12)8-13-11/h9-11H,5-8H2,1-2H3. The summed E-state index contributed by atoms with van der Waals surface area (Å²) in [5.41, 5.74) is 0. The van der Waals surface area contributed by atoms with E-state index in [-0.39, 0.29) is 0 Å². The van der Waals surface area contributed by atoms with Gasteiger partial charge in [-0.15, -0.1) is 0 Å². The Morgan fingerprint density at radius 1 is 1.54 bits per heavy atom. The van der Waals surface area contributed by atoms with Crippen LogP contribution in [-0.4, -0.2) is 36.7 Å². The van der Waals surface area contributed by atoms with Gasteiger partial charge in [0, 0.05) is 18.5 Å². The minimum atomic E-state index is 0.496. The van der Waals surface area contributed by atoms with Gasteiger partial charge in [0.25, 0.3) is 0 Å². The molecule has 2 heterocycles. The van der Waals surface area contributed by atoms with Crippen molar-refractivity contribution < 1.29 is 4.74 Å². The smallest absolute Gasteiger partial charge is 0.0719 e. The molecule has 2 nitrogen and oxygen atoms in total. The van der Waals surface area contributed by atoms with E-state index < -0.39 is 0 Å². The van der Waals surface area contributed by atoms with E-state index in [1.165, 1.54) is 6.42 Å². The molecule has 0 saturated carbocycles. The van der Waals surface area contributed by atoms with Crippen LogP contribution in [0.25, 0.3) is 0 Å². The Balaban J connectivity index is 1.81. The van der Waals surface area contributed by atoms with Crippen molar-refractivity contribution in [2.45, 2.75) is 32.4 Å². The average Bonchev–Trinajstić information content (AvgIpc) is 2.64. The van der Waals surface area contributed by atoms with Gasteiger partial charge in [0.1, 0.15) is 0 Å². The maximum Gasteiger partial charge on any atom is 0.0719 e. The lowest BCUT2D eigenvalue weighted by molar-refractivity contribution is 0.0363. The van der Waals surface area contributed by atoms with Crippen molar-refractivity contribution in [3.63, 3.8) is 0 Å². The van der Waals surface area contributed by atoms with Gasteiger partial charge in [-0.2, -0.15) is 0 Å². The van der Waals surface area contributed by atoms with Gasteiger partial charge in [0.2, 0.25) is 0 Å². The van der Waals surface area contributed by atoms with Gasteiger partial charge in [0.05, 0.1) is 19.3 Å². The van der Waals surface area contributed by atoms with Gasteiger partial charge in [-0.25, -0.2) is 0 Å². The highest BCUT2D eigenvalue weighted by molar-refractivity contribution is 5.06. The van der Waals surface area contributed by atoms with E-state index >= 15 is 0 Å². The van der Waals surface area contributed by atoms with Crippen LogP contribution in [0.5, 0.6) is 0 Å². The highest BCUT2D eigenvalue weighted by Gasteiger charge is 2.38. The second-order valence-corrected chi connectivity index (χ2v) is 4.25. The summed E-state index contributed by atoms with van der Waals surface area (Å²) in [6.07, 6.45) is 1.73. The second-order valence-electron chi connectivity index (χ2n) is 4.25. The molecule has 2 aliphatic heterocycles. The predicted molar refractivity (Wildman–Crippen MR) is 52.3 cm³/mol. The molecule has 0 aliphatic carbocycles. The Labute approximate surface area is 80.2 Å². The number of hydrogen-bond donors (Lipinski definition) is 0. The third-order valence-electron chi connectivity index (χ3n) is 2.69. The van der Waals surface area contributed by atoms with Crippen LogP contribution in [0.1, 0.15) is 20.3 Å². The summed E-state index contributed by atoms with van der Waals surface area (Å²) in [6, 6.07) is 0.659. The summed E-state index contributed by atoms with van der Waals surface area (Å²) in [4.78, 5) is 2.45. The molecule has 2 aliphatic rings. The lowest BCUT2D eigenvalue weighted by Gasteiger charge is -2.24. The molecule has 2 fully saturated rings. The molecule has 2 atom stereocenters. The average molecular weight is 179 g/mol. The topological polar surface area (TPSA) is 12.5 Å². The molecular weight excluding hydrogens is 162 g/mol. The van der Waals surface area contributed by atoms with Crippen molar-refractivity contribution in [1.82, 2.24) is 4.90 Å². The summed E-state index contributed by atoms with van der Waals surface area (Å²) in [5.74, 6) is 6.93. The minimum Gasteiger partial charge on any atom is -0.375 e. The predicted octanol–water partition coefficient (Wildman–Crippen LogP) is 1.12. The molecule has 2 rings (SSSR count). The van der Waals surface area contributed by atoms with E-state index in [1.807, 2.05) is 0 Å². The zero-order chi connectivity index (χ0) is 9.26. The molecule has 72 valence electrons. The highest BCUT2D eigenvalue weighted by atomic mass is 16.5. The largest absolute Gasteiger partial charge is 0.375 e. The summed E-state index contributed by atoms with van der Waals surface area (Å²) in [5, 5.41) is 0. The first-order valence-electron chi connectivity index (χ1n) is 5.09. The third-order valence-corrected chi connectivity index (χ3v) is 2.69. The van der Waals surface area contributed by atoms with Crippen molar-refractivity contribution in [3.05, 3.63) is 0 Å². The molecule has 0 aromatic heterocycles. The molecule has 0 N–H and O–H groups in total. The maximum atomic E-state index is 5.52.